The fraction of sp³-hybridized carbons (Fsp3) is 0.429. The number of carbonyl (C=O) groups is 1. The summed E-state index contributed by atoms with van der Waals surface area (Å²) in [7, 11) is 0. The van der Waals surface area contributed by atoms with Crippen molar-refractivity contribution in [2.45, 2.75) is 12.8 Å². The molecule has 1 rings (SSSR count). The molecule has 4 N–H and O–H groups in total. The first-order chi connectivity index (χ1) is 7.07. The molecule has 8 nitrogen and oxygen atoms in total. The van der Waals surface area contributed by atoms with Crippen molar-refractivity contribution in [3.05, 3.63) is 21.4 Å². The lowest BCUT2D eigenvalue weighted by atomic mass is 10.1. The van der Waals surface area contributed by atoms with Crippen molar-refractivity contribution >= 4 is 11.7 Å². The molecule has 1 aromatic heterocycles. The molecule has 15 heavy (non-hydrogen) atoms. The first-order valence-corrected chi connectivity index (χ1v) is 4.20. The van der Waals surface area contributed by atoms with Crippen LogP contribution in [-0.4, -0.2) is 32.7 Å². The highest BCUT2D eigenvalue weighted by molar-refractivity contribution is 5.97. The summed E-state index contributed by atoms with van der Waals surface area (Å²) in [4.78, 5) is 20.7. The quantitative estimate of drug-likeness (QED) is 0.441. The Bertz CT molecular complexity index is 386. The van der Waals surface area contributed by atoms with Gasteiger partial charge in [0, 0.05) is 6.61 Å². The summed E-state index contributed by atoms with van der Waals surface area (Å²) in [5.74, 6) is -1.40. The Morgan fingerprint density at radius 1 is 1.67 bits per heavy atom. The Kier molecular flexibility index (Phi) is 3.34. The Morgan fingerprint density at radius 2 is 2.33 bits per heavy atom. The van der Waals surface area contributed by atoms with Gasteiger partial charge in [-0.2, -0.15) is 0 Å². The second-order valence-corrected chi connectivity index (χ2v) is 2.84. The van der Waals surface area contributed by atoms with Crippen LogP contribution in [0.15, 0.2) is 0 Å². The Hall–Kier alpha value is -1.96. The molecule has 0 atom stereocenters. The number of nitrogens with two attached hydrogens (primary N) is 1. The highest BCUT2D eigenvalue weighted by Gasteiger charge is 2.25. The molecule has 0 aromatic carbocycles. The van der Waals surface area contributed by atoms with Gasteiger partial charge in [0.2, 0.25) is 0 Å². The number of nitrogens with one attached hydrogen (secondary N) is 1. The van der Waals surface area contributed by atoms with Gasteiger partial charge in [-0.05, 0) is 17.8 Å². The van der Waals surface area contributed by atoms with Crippen LogP contribution in [0, 0.1) is 10.1 Å². The van der Waals surface area contributed by atoms with Crippen molar-refractivity contribution < 1.29 is 14.8 Å². The molecule has 0 aliphatic rings. The maximum absolute atomic E-state index is 11.0. The zero-order valence-corrected chi connectivity index (χ0v) is 7.77. The molecular formula is C7H10N4O4. The van der Waals surface area contributed by atoms with Crippen molar-refractivity contribution in [2.75, 3.05) is 6.61 Å². The minimum absolute atomic E-state index is 0.0845. The van der Waals surface area contributed by atoms with Gasteiger partial charge in [0.25, 0.3) is 5.91 Å². The fourth-order valence-corrected chi connectivity index (χ4v) is 1.19. The number of primary amides is 1. The van der Waals surface area contributed by atoms with Gasteiger partial charge < -0.3 is 21.0 Å². The number of aliphatic hydroxyl groups excluding tert-OH is 1. The molecular weight excluding hydrogens is 204 g/mol. The first-order valence-electron chi connectivity index (χ1n) is 4.20. The normalized spacial score (nSPS) is 10.2. The predicted molar refractivity (Wildman–Crippen MR) is 49.2 cm³/mol. The van der Waals surface area contributed by atoms with E-state index in [2.05, 4.69) is 10.2 Å². The molecule has 1 amide bonds. The largest absolute Gasteiger partial charge is 0.396 e. The van der Waals surface area contributed by atoms with Crippen LogP contribution in [0.3, 0.4) is 0 Å². The van der Waals surface area contributed by atoms with E-state index in [1.54, 1.807) is 0 Å². The number of nitrogens with zero attached hydrogens (tertiary/aromatic N) is 2. The van der Waals surface area contributed by atoms with Crippen LogP contribution in [-0.2, 0) is 6.42 Å². The molecule has 0 aliphatic carbocycles. The average Bonchev–Trinajstić information content (AvgIpc) is 2.58. The van der Waals surface area contributed by atoms with E-state index in [9.17, 15) is 14.9 Å². The first kappa shape index (κ1) is 11.1. The molecule has 0 spiro atoms. The Balaban J connectivity index is 3.06. The van der Waals surface area contributed by atoms with E-state index in [4.69, 9.17) is 10.8 Å². The highest BCUT2D eigenvalue weighted by Crippen LogP contribution is 2.19. The lowest BCUT2D eigenvalue weighted by Gasteiger charge is -1.96. The highest BCUT2D eigenvalue weighted by atomic mass is 16.6. The molecule has 82 valence electrons. The van der Waals surface area contributed by atoms with Crippen molar-refractivity contribution in [3.8, 4) is 0 Å². The van der Waals surface area contributed by atoms with Crippen molar-refractivity contribution in [3.63, 3.8) is 0 Å². The third-order valence-corrected chi connectivity index (χ3v) is 1.82. The van der Waals surface area contributed by atoms with Gasteiger partial charge >= 0.3 is 5.82 Å². The number of aryl methyl sites for hydroxylation is 1. The van der Waals surface area contributed by atoms with Gasteiger partial charge in [0.1, 0.15) is 5.69 Å². The van der Waals surface area contributed by atoms with Crippen LogP contribution < -0.4 is 5.73 Å². The number of aliphatic hydroxyl groups is 1. The van der Waals surface area contributed by atoms with E-state index in [0.29, 0.717) is 6.42 Å². The van der Waals surface area contributed by atoms with Crippen LogP contribution in [0.2, 0.25) is 0 Å². The number of carbonyl (C=O) groups excluding carboxylic acids is 1. The summed E-state index contributed by atoms with van der Waals surface area (Å²) in [5, 5.41) is 24.8. The summed E-state index contributed by atoms with van der Waals surface area (Å²) in [5.41, 5.74) is 5.00. The monoisotopic (exact) mass is 214 g/mol. The fourth-order valence-electron chi connectivity index (χ4n) is 1.19. The number of aromatic nitrogens is 2. The van der Waals surface area contributed by atoms with E-state index in [1.165, 1.54) is 0 Å². The van der Waals surface area contributed by atoms with Crippen LogP contribution in [0.1, 0.15) is 22.5 Å². The van der Waals surface area contributed by atoms with Crippen LogP contribution >= 0.6 is 0 Å². The van der Waals surface area contributed by atoms with E-state index in [1.807, 2.05) is 0 Å². The molecule has 0 bridgehead atoms. The third-order valence-electron chi connectivity index (χ3n) is 1.82. The van der Waals surface area contributed by atoms with Crippen LogP contribution in [0.4, 0.5) is 5.82 Å². The number of aromatic amines is 1. The number of nitro groups is 1. The second kappa shape index (κ2) is 4.51. The number of rotatable bonds is 5. The molecule has 0 aliphatic heterocycles. The van der Waals surface area contributed by atoms with E-state index >= 15 is 0 Å². The molecule has 1 heterocycles. The lowest BCUT2D eigenvalue weighted by molar-refractivity contribution is -0.389. The van der Waals surface area contributed by atoms with Gasteiger partial charge in [-0.1, -0.05) is 5.10 Å². The van der Waals surface area contributed by atoms with Gasteiger partial charge in [0.15, 0.2) is 5.56 Å². The van der Waals surface area contributed by atoms with Gasteiger partial charge in [-0.15, -0.1) is 5.10 Å². The summed E-state index contributed by atoms with van der Waals surface area (Å²) in [6.07, 6.45) is 0.626. The average molecular weight is 214 g/mol. The molecule has 0 saturated carbocycles. The Morgan fingerprint density at radius 3 is 2.80 bits per heavy atom. The van der Waals surface area contributed by atoms with E-state index < -0.39 is 16.6 Å². The van der Waals surface area contributed by atoms with Gasteiger partial charge in [-0.25, -0.2) is 0 Å². The van der Waals surface area contributed by atoms with Crippen LogP contribution in [0.5, 0.6) is 0 Å². The second-order valence-electron chi connectivity index (χ2n) is 2.84. The molecule has 8 heteroatoms. The minimum atomic E-state index is -0.900. The number of amides is 1. The minimum Gasteiger partial charge on any atom is -0.396 e. The maximum atomic E-state index is 11.0. The zero-order chi connectivity index (χ0) is 11.4. The number of hydrogen-bond acceptors (Lipinski definition) is 5. The van der Waals surface area contributed by atoms with Gasteiger partial charge in [-0.3, -0.25) is 4.79 Å². The third kappa shape index (κ3) is 2.29. The summed E-state index contributed by atoms with van der Waals surface area (Å²) in [6, 6.07) is 0. The van der Waals surface area contributed by atoms with E-state index in [0.717, 1.165) is 0 Å². The molecule has 0 unspecified atom stereocenters. The molecule has 0 saturated heterocycles. The smallest absolute Gasteiger partial charge is 0.355 e. The molecule has 0 radical (unpaired) electrons. The van der Waals surface area contributed by atoms with Crippen molar-refractivity contribution in [2.24, 2.45) is 5.73 Å². The number of hydrogen-bond donors (Lipinski definition) is 3. The predicted octanol–water partition coefficient (Wildman–Crippen LogP) is -0.658. The van der Waals surface area contributed by atoms with E-state index in [-0.39, 0.29) is 24.3 Å². The summed E-state index contributed by atoms with van der Waals surface area (Å²) in [6.45, 7) is -0.0845. The zero-order valence-electron chi connectivity index (χ0n) is 7.77. The Labute approximate surface area is 84.2 Å². The van der Waals surface area contributed by atoms with Gasteiger partial charge in [0.05, 0.1) is 0 Å². The van der Waals surface area contributed by atoms with Crippen molar-refractivity contribution in [1.82, 2.24) is 10.2 Å². The standard InChI is InChI=1S/C7H10N4O4/c8-6(13)5-4(2-1-3-12)9-10-7(5)11(14)15/h12H,1-3H2,(H2,8,13)(H,9,10). The number of H-pyrrole nitrogens is 1. The lowest BCUT2D eigenvalue weighted by Crippen LogP contribution is -2.14. The van der Waals surface area contributed by atoms with Crippen LogP contribution in [0.25, 0.3) is 0 Å². The maximum Gasteiger partial charge on any atom is 0.355 e. The summed E-state index contributed by atoms with van der Waals surface area (Å²) >= 11 is 0. The van der Waals surface area contributed by atoms with Crippen molar-refractivity contribution in [1.29, 1.82) is 0 Å². The molecule has 1 aromatic rings. The SMILES string of the molecule is NC(=O)c1c(CCCO)n[nH]c1[N+](=O)[O-]. The topological polar surface area (TPSA) is 135 Å². The molecule has 0 fully saturated rings. The summed E-state index contributed by atoms with van der Waals surface area (Å²) < 4.78 is 0.